The van der Waals surface area contributed by atoms with E-state index in [1.807, 2.05) is 19.9 Å². The first-order chi connectivity index (χ1) is 10.4. The highest BCUT2D eigenvalue weighted by molar-refractivity contribution is 6.31. The molecule has 0 fully saturated rings. The molecule has 0 aliphatic carbocycles. The number of nitrogens with zero attached hydrogens (tertiary/aromatic N) is 2. The summed E-state index contributed by atoms with van der Waals surface area (Å²) in [5, 5.41) is 4.55. The van der Waals surface area contributed by atoms with E-state index in [0.717, 1.165) is 11.3 Å². The Morgan fingerprint density at radius 1 is 1.41 bits per heavy atom. The summed E-state index contributed by atoms with van der Waals surface area (Å²) in [7, 11) is 1.71. The highest BCUT2D eigenvalue weighted by Crippen LogP contribution is 2.22. The standard InChI is InChI=1S/C16H19ClN2O3/c1-10-7-14(5-6-15(10)17)21-12(3)16(20)19(4)9-13-8-11(2)22-18-13/h5-8,12H,9H2,1-4H3. The molecule has 0 saturated carbocycles. The van der Waals surface area contributed by atoms with Crippen molar-refractivity contribution in [1.29, 1.82) is 0 Å². The number of carbonyl (C=O) groups is 1. The van der Waals surface area contributed by atoms with E-state index in [2.05, 4.69) is 5.16 Å². The molecule has 1 heterocycles. The van der Waals surface area contributed by atoms with Crippen LogP contribution >= 0.6 is 11.6 Å². The van der Waals surface area contributed by atoms with Gasteiger partial charge in [0.05, 0.1) is 6.54 Å². The molecule has 22 heavy (non-hydrogen) atoms. The molecule has 1 atom stereocenters. The van der Waals surface area contributed by atoms with Gasteiger partial charge in [-0.2, -0.15) is 0 Å². The number of aromatic nitrogens is 1. The van der Waals surface area contributed by atoms with Gasteiger partial charge in [-0.25, -0.2) is 0 Å². The van der Waals surface area contributed by atoms with E-state index < -0.39 is 6.10 Å². The van der Waals surface area contributed by atoms with Crippen LogP contribution < -0.4 is 4.74 Å². The lowest BCUT2D eigenvalue weighted by atomic mass is 10.2. The van der Waals surface area contributed by atoms with Gasteiger partial charge < -0.3 is 14.2 Å². The first-order valence-electron chi connectivity index (χ1n) is 6.97. The first-order valence-corrected chi connectivity index (χ1v) is 7.34. The van der Waals surface area contributed by atoms with Gasteiger partial charge in [0.2, 0.25) is 0 Å². The largest absolute Gasteiger partial charge is 0.481 e. The van der Waals surface area contributed by atoms with Crippen molar-refractivity contribution in [1.82, 2.24) is 10.1 Å². The van der Waals surface area contributed by atoms with Gasteiger partial charge >= 0.3 is 0 Å². The third kappa shape index (κ3) is 4.01. The minimum atomic E-state index is -0.599. The van der Waals surface area contributed by atoms with E-state index in [1.54, 1.807) is 37.1 Å². The monoisotopic (exact) mass is 322 g/mol. The van der Waals surface area contributed by atoms with E-state index >= 15 is 0 Å². The van der Waals surface area contributed by atoms with Gasteiger partial charge in [0.25, 0.3) is 5.91 Å². The number of hydrogen-bond acceptors (Lipinski definition) is 4. The molecule has 2 aromatic rings. The predicted octanol–water partition coefficient (Wildman–Crippen LogP) is 3.37. The summed E-state index contributed by atoms with van der Waals surface area (Å²) in [4.78, 5) is 13.9. The minimum Gasteiger partial charge on any atom is -0.481 e. The molecule has 1 aromatic heterocycles. The number of halogens is 1. The van der Waals surface area contributed by atoms with Crippen LogP contribution in [0, 0.1) is 13.8 Å². The Kier molecular flexibility index (Phi) is 5.08. The van der Waals surface area contributed by atoms with Crippen LogP contribution in [0.5, 0.6) is 5.75 Å². The van der Waals surface area contributed by atoms with Gasteiger partial charge in [-0.15, -0.1) is 0 Å². The molecule has 6 heteroatoms. The van der Waals surface area contributed by atoms with Gasteiger partial charge in [-0.05, 0) is 44.5 Å². The highest BCUT2D eigenvalue weighted by Gasteiger charge is 2.20. The Bertz CT molecular complexity index is 669. The van der Waals surface area contributed by atoms with Crippen LogP contribution in [0.4, 0.5) is 0 Å². The topological polar surface area (TPSA) is 55.6 Å². The summed E-state index contributed by atoms with van der Waals surface area (Å²) in [5.74, 6) is 1.21. The fourth-order valence-electron chi connectivity index (χ4n) is 2.07. The maximum atomic E-state index is 12.3. The zero-order valence-corrected chi connectivity index (χ0v) is 13.8. The zero-order valence-electron chi connectivity index (χ0n) is 13.1. The molecule has 0 aliphatic heterocycles. The number of likely N-dealkylation sites (N-methyl/N-ethyl adjacent to an activating group) is 1. The molecule has 5 nitrogen and oxygen atoms in total. The number of rotatable bonds is 5. The normalized spacial score (nSPS) is 12.0. The quantitative estimate of drug-likeness (QED) is 0.847. The van der Waals surface area contributed by atoms with E-state index in [4.69, 9.17) is 20.9 Å². The summed E-state index contributed by atoms with van der Waals surface area (Å²) in [6, 6.07) is 7.12. The number of ether oxygens (including phenoxy) is 1. The lowest BCUT2D eigenvalue weighted by Gasteiger charge is -2.21. The Morgan fingerprint density at radius 2 is 2.14 bits per heavy atom. The van der Waals surface area contributed by atoms with Crippen LogP contribution in [-0.4, -0.2) is 29.1 Å². The summed E-state index contributed by atoms with van der Waals surface area (Å²) < 4.78 is 10.7. The Labute approximate surface area is 134 Å². The zero-order chi connectivity index (χ0) is 16.3. The number of benzene rings is 1. The minimum absolute atomic E-state index is 0.131. The maximum absolute atomic E-state index is 12.3. The molecule has 118 valence electrons. The van der Waals surface area contributed by atoms with Crippen molar-refractivity contribution in [2.45, 2.75) is 33.4 Å². The molecule has 2 rings (SSSR count). The Hall–Kier alpha value is -2.01. The molecule has 0 spiro atoms. The van der Waals surface area contributed by atoms with Crippen molar-refractivity contribution in [2.75, 3.05) is 7.05 Å². The van der Waals surface area contributed by atoms with Crippen molar-refractivity contribution in [3.63, 3.8) is 0 Å². The van der Waals surface area contributed by atoms with Gasteiger partial charge in [0, 0.05) is 18.1 Å². The molecule has 1 amide bonds. The molecule has 0 bridgehead atoms. The van der Waals surface area contributed by atoms with Crippen molar-refractivity contribution >= 4 is 17.5 Å². The average Bonchev–Trinajstić information content (AvgIpc) is 2.87. The van der Waals surface area contributed by atoms with Crippen LogP contribution in [0.25, 0.3) is 0 Å². The van der Waals surface area contributed by atoms with Crippen LogP contribution in [-0.2, 0) is 11.3 Å². The molecule has 1 unspecified atom stereocenters. The molecule has 0 saturated heterocycles. The van der Waals surface area contributed by atoms with Gasteiger partial charge in [0.15, 0.2) is 6.10 Å². The number of carbonyl (C=O) groups excluding carboxylic acids is 1. The average molecular weight is 323 g/mol. The molecular formula is C16H19ClN2O3. The third-order valence-corrected chi connectivity index (χ3v) is 3.67. The van der Waals surface area contributed by atoms with Crippen molar-refractivity contribution < 1.29 is 14.1 Å². The second kappa shape index (κ2) is 6.83. The lowest BCUT2D eigenvalue weighted by Crippen LogP contribution is -2.37. The van der Waals surface area contributed by atoms with Crippen molar-refractivity contribution in [2.24, 2.45) is 0 Å². The molecule has 1 aromatic carbocycles. The highest BCUT2D eigenvalue weighted by atomic mass is 35.5. The first kappa shape index (κ1) is 16.4. The van der Waals surface area contributed by atoms with Gasteiger partial charge in [-0.3, -0.25) is 4.79 Å². The summed E-state index contributed by atoms with van der Waals surface area (Å²) in [6.07, 6.45) is -0.599. The van der Waals surface area contributed by atoms with Gasteiger partial charge in [0.1, 0.15) is 17.2 Å². The van der Waals surface area contributed by atoms with E-state index in [9.17, 15) is 4.79 Å². The van der Waals surface area contributed by atoms with Crippen molar-refractivity contribution in [3.05, 3.63) is 46.3 Å². The predicted molar refractivity (Wildman–Crippen MR) is 84.0 cm³/mol. The smallest absolute Gasteiger partial charge is 0.263 e. The second-order valence-electron chi connectivity index (χ2n) is 5.29. The second-order valence-corrected chi connectivity index (χ2v) is 5.70. The van der Waals surface area contributed by atoms with Crippen LogP contribution in [0.3, 0.4) is 0 Å². The third-order valence-electron chi connectivity index (χ3n) is 3.24. The van der Waals surface area contributed by atoms with Gasteiger partial charge in [-0.1, -0.05) is 16.8 Å². The SMILES string of the molecule is Cc1cc(CN(C)C(=O)C(C)Oc2ccc(Cl)c(C)c2)no1. The fraction of sp³-hybridized carbons (Fsp3) is 0.375. The summed E-state index contributed by atoms with van der Waals surface area (Å²) >= 11 is 5.98. The maximum Gasteiger partial charge on any atom is 0.263 e. The molecule has 0 aliphatic rings. The molecule has 0 radical (unpaired) electrons. The van der Waals surface area contributed by atoms with Crippen molar-refractivity contribution in [3.8, 4) is 5.75 Å². The fourth-order valence-corrected chi connectivity index (χ4v) is 2.19. The number of amides is 1. The van der Waals surface area contributed by atoms with Crippen LogP contribution in [0.1, 0.15) is 23.9 Å². The number of hydrogen-bond donors (Lipinski definition) is 0. The van der Waals surface area contributed by atoms with E-state index in [1.165, 1.54) is 0 Å². The molecular weight excluding hydrogens is 304 g/mol. The van der Waals surface area contributed by atoms with Crippen LogP contribution in [0.2, 0.25) is 5.02 Å². The van der Waals surface area contributed by atoms with E-state index in [0.29, 0.717) is 23.0 Å². The lowest BCUT2D eigenvalue weighted by molar-refractivity contribution is -0.137. The van der Waals surface area contributed by atoms with Crippen LogP contribution in [0.15, 0.2) is 28.8 Å². The summed E-state index contributed by atoms with van der Waals surface area (Å²) in [6.45, 7) is 5.80. The number of aryl methyl sites for hydroxylation is 2. The van der Waals surface area contributed by atoms with E-state index in [-0.39, 0.29) is 5.91 Å². The summed E-state index contributed by atoms with van der Waals surface area (Å²) in [5.41, 5.74) is 1.62. The Balaban J connectivity index is 1.97. The Morgan fingerprint density at radius 3 is 2.73 bits per heavy atom. The molecule has 0 N–H and O–H groups in total.